The van der Waals surface area contributed by atoms with Crippen molar-refractivity contribution < 1.29 is 42.9 Å². The van der Waals surface area contributed by atoms with Gasteiger partial charge in [-0.25, -0.2) is 19.4 Å². The third-order valence-electron chi connectivity index (χ3n) is 8.75. The molecule has 2 unspecified atom stereocenters. The maximum Gasteiger partial charge on any atom is 0.424 e. The van der Waals surface area contributed by atoms with E-state index in [9.17, 15) is 24.3 Å². The molecule has 2 aliphatic rings. The number of benzene rings is 1. The second-order valence-electron chi connectivity index (χ2n) is 17.1. The maximum absolute atomic E-state index is 13.8. The third-order valence-corrected chi connectivity index (χ3v) is 8.75. The monoisotopic (exact) mass is 764 g/mol. The van der Waals surface area contributed by atoms with Crippen LogP contribution in [0.4, 0.5) is 14.4 Å². The lowest BCUT2D eigenvalue weighted by Crippen LogP contribution is -2.43. The summed E-state index contributed by atoms with van der Waals surface area (Å²) in [5, 5.41) is 18.3. The van der Waals surface area contributed by atoms with E-state index in [2.05, 4.69) is 10.2 Å². The van der Waals surface area contributed by atoms with E-state index in [1.807, 2.05) is 37.0 Å². The fraction of sp³-hybridized carbons (Fsp3) is 0.575. The minimum absolute atomic E-state index is 0.00653. The Hall–Kier alpha value is -5.21. The molecule has 4 rings (SSSR count). The largest absolute Gasteiger partial charge is 0.481 e. The first-order valence-corrected chi connectivity index (χ1v) is 18.4. The minimum Gasteiger partial charge on any atom is -0.481 e. The van der Waals surface area contributed by atoms with Crippen molar-refractivity contribution in [1.82, 2.24) is 24.9 Å². The van der Waals surface area contributed by atoms with E-state index in [0.29, 0.717) is 37.5 Å². The molecule has 2 fully saturated rings. The number of piperidine rings is 1. The number of allylic oxidation sites excluding steroid dienone is 2. The molecule has 0 bridgehead atoms. The Morgan fingerprint density at radius 3 is 1.85 bits per heavy atom. The zero-order valence-electron chi connectivity index (χ0n) is 34.3. The molecule has 1 aliphatic heterocycles. The lowest BCUT2D eigenvalue weighted by molar-refractivity contribution is -0.139. The number of carbonyl (C=O) groups is 4. The van der Waals surface area contributed by atoms with Gasteiger partial charge in [0, 0.05) is 32.2 Å². The molecule has 0 spiro atoms. The van der Waals surface area contributed by atoms with Crippen LogP contribution in [0, 0.1) is 17.8 Å². The van der Waals surface area contributed by atoms with Crippen LogP contribution in [-0.2, 0) is 25.5 Å². The molecule has 1 aromatic heterocycles. The number of hydrogen-bond acceptors (Lipinski definition) is 11. The van der Waals surface area contributed by atoms with Gasteiger partial charge in [0.15, 0.2) is 0 Å². The summed E-state index contributed by atoms with van der Waals surface area (Å²) in [6.07, 6.45) is 0.172. The van der Waals surface area contributed by atoms with Crippen LogP contribution in [-0.4, -0.2) is 97.0 Å². The summed E-state index contributed by atoms with van der Waals surface area (Å²) in [5.41, 5.74) is -0.136. The van der Waals surface area contributed by atoms with Gasteiger partial charge in [-0.2, -0.15) is 4.90 Å². The van der Waals surface area contributed by atoms with E-state index in [0.717, 1.165) is 16.0 Å². The smallest absolute Gasteiger partial charge is 0.424 e. The van der Waals surface area contributed by atoms with E-state index in [1.165, 1.54) is 11.8 Å². The van der Waals surface area contributed by atoms with Crippen molar-refractivity contribution in [3.63, 3.8) is 0 Å². The first-order chi connectivity index (χ1) is 25.4. The van der Waals surface area contributed by atoms with Gasteiger partial charge in [0.25, 0.3) is 5.89 Å². The molecule has 2 aromatic rings. The van der Waals surface area contributed by atoms with Gasteiger partial charge >= 0.3 is 24.2 Å². The maximum atomic E-state index is 13.8. The van der Waals surface area contributed by atoms with E-state index >= 15 is 0 Å². The number of fused-ring (bicyclic) bond motifs is 1. The Bertz CT molecular complexity index is 1820. The number of carboxylic acids is 1. The van der Waals surface area contributed by atoms with Gasteiger partial charge in [-0.1, -0.05) is 24.6 Å². The predicted molar refractivity (Wildman–Crippen MR) is 205 cm³/mol. The number of rotatable bonds is 9. The number of nitrogens with zero attached hydrogens (tertiary/aromatic N) is 6. The zero-order chi connectivity index (χ0) is 41.2. The summed E-state index contributed by atoms with van der Waals surface area (Å²) in [5.74, 6) is -0.721. The van der Waals surface area contributed by atoms with Crippen LogP contribution in [0.5, 0.6) is 0 Å². The van der Waals surface area contributed by atoms with Crippen molar-refractivity contribution in [3.05, 3.63) is 53.1 Å². The molecule has 1 saturated carbocycles. The van der Waals surface area contributed by atoms with Gasteiger partial charge in [0.2, 0.25) is 5.89 Å². The number of hydrogen-bond donors (Lipinski definition) is 1. The van der Waals surface area contributed by atoms with E-state index in [4.69, 9.17) is 23.6 Å². The zero-order valence-corrected chi connectivity index (χ0v) is 34.3. The molecule has 1 aromatic carbocycles. The minimum atomic E-state index is -0.993. The Balaban J connectivity index is 1.81. The van der Waals surface area contributed by atoms with Gasteiger partial charge in [0.1, 0.15) is 28.3 Å². The van der Waals surface area contributed by atoms with Crippen LogP contribution in [0.2, 0.25) is 0 Å². The number of aromatic nitrogens is 2. The van der Waals surface area contributed by atoms with Gasteiger partial charge in [-0.15, -0.1) is 10.2 Å². The van der Waals surface area contributed by atoms with E-state index in [1.54, 1.807) is 81.5 Å². The highest BCUT2D eigenvalue weighted by molar-refractivity contribution is 5.99. The molecule has 1 saturated heterocycles. The number of carboxylic acid groups (broad SMARTS) is 1. The number of ether oxygens (including phenoxy) is 3. The van der Waals surface area contributed by atoms with E-state index in [-0.39, 0.29) is 35.0 Å². The normalized spacial score (nSPS) is 19.3. The molecule has 55 heavy (non-hydrogen) atoms. The molecule has 2 heterocycles. The Kier molecular flexibility index (Phi) is 12.6. The molecule has 1 N–H and O–H groups in total. The lowest BCUT2D eigenvalue weighted by Gasteiger charge is -2.29. The molecule has 1 aliphatic carbocycles. The molecular weight excluding hydrogens is 708 g/mol. The van der Waals surface area contributed by atoms with Crippen LogP contribution in [0.25, 0.3) is 17.2 Å². The van der Waals surface area contributed by atoms with Gasteiger partial charge in [-0.3, -0.25) is 4.79 Å². The third kappa shape index (κ3) is 11.4. The highest BCUT2D eigenvalue weighted by Crippen LogP contribution is 2.52. The molecule has 3 amide bonds. The van der Waals surface area contributed by atoms with Crippen LogP contribution in [0.15, 0.2) is 51.0 Å². The van der Waals surface area contributed by atoms with Crippen molar-refractivity contribution in [2.24, 2.45) is 22.7 Å². The van der Waals surface area contributed by atoms with Crippen LogP contribution in [0.1, 0.15) is 101 Å². The number of aliphatic imine (C=N–C) groups is 1. The molecule has 0 radical (unpaired) electrons. The van der Waals surface area contributed by atoms with Gasteiger partial charge in [-0.05, 0) is 118 Å². The van der Waals surface area contributed by atoms with Gasteiger partial charge < -0.3 is 33.5 Å². The number of likely N-dealkylation sites (tertiary alicyclic amines) is 1. The summed E-state index contributed by atoms with van der Waals surface area (Å²) >= 11 is 0. The number of imide groups is 1. The summed E-state index contributed by atoms with van der Waals surface area (Å²) in [6, 6.07) is 7.20. The first kappa shape index (κ1) is 42.5. The van der Waals surface area contributed by atoms with Crippen LogP contribution in [0.3, 0.4) is 0 Å². The van der Waals surface area contributed by atoms with Crippen molar-refractivity contribution in [2.45, 2.75) is 113 Å². The number of carbonyl (C=O) groups excluding carboxylic acids is 3. The quantitative estimate of drug-likeness (QED) is 0.148. The topological polar surface area (TPSA) is 177 Å². The number of amides is 3. The summed E-state index contributed by atoms with van der Waals surface area (Å²) in [6.45, 7) is 22.2. The van der Waals surface area contributed by atoms with Crippen molar-refractivity contribution in [3.8, 4) is 11.5 Å². The Morgan fingerprint density at radius 2 is 1.38 bits per heavy atom. The van der Waals surface area contributed by atoms with Crippen LogP contribution < -0.4 is 0 Å². The standard InChI is InChI=1S/C40H56N6O9/c1-14-23(2)19-29(45-21-27-28(22-45)30(27)34(47)48)41-31(24(3)46(36(50)54-39(7,8)9)37(51)55-40(10,11)12)33-43-42-32(52-33)26-17-15-25(16-18-26)20-44(13)35(49)53-38(4,5)6/h15-19,27-28,30H,14,20-22H2,1-13H3,(H,47,48). The highest BCUT2D eigenvalue weighted by Gasteiger charge is 2.60. The van der Waals surface area contributed by atoms with Gasteiger partial charge in [0.05, 0.1) is 11.6 Å². The second-order valence-corrected chi connectivity index (χ2v) is 17.1. The first-order valence-electron chi connectivity index (χ1n) is 18.4. The highest BCUT2D eigenvalue weighted by atomic mass is 16.6. The summed E-state index contributed by atoms with van der Waals surface area (Å²) in [4.78, 5) is 61.1. The second kappa shape index (κ2) is 16.3. The number of aliphatic carboxylic acids is 1. The molecule has 15 nitrogen and oxygen atoms in total. The molecule has 15 heteroatoms. The van der Waals surface area contributed by atoms with Crippen molar-refractivity contribution in [1.29, 1.82) is 0 Å². The molecule has 300 valence electrons. The molecule has 2 atom stereocenters. The molecular formula is C40H56N6O9. The van der Waals surface area contributed by atoms with Crippen LogP contribution >= 0.6 is 0 Å². The average Bonchev–Trinajstić information content (AvgIpc) is 3.32. The summed E-state index contributed by atoms with van der Waals surface area (Å²) < 4.78 is 23.0. The average molecular weight is 765 g/mol. The SMILES string of the molecule is CCC(C)=CC(=NC(=C(C)N(C(=O)OC(C)(C)C)C(=O)OC(C)(C)C)c1nnc(-c2ccc(CN(C)C(=O)OC(C)(C)C)cc2)o1)N1CC2C(C1)C2C(=O)O. The van der Waals surface area contributed by atoms with E-state index < -0.39 is 47.0 Å². The Morgan fingerprint density at radius 1 is 0.873 bits per heavy atom. The lowest BCUT2D eigenvalue weighted by atomic mass is 10.1. The Labute approximate surface area is 323 Å². The number of amidine groups is 1. The predicted octanol–water partition coefficient (Wildman–Crippen LogP) is 7.98. The van der Waals surface area contributed by atoms with Crippen molar-refractivity contribution >= 4 is 35.8 Å². The summed E-state index contributed by atoms with van der Waals surface area (Å²) in [7, 11) is 1.65. The fourth-order valence-electron chi connectivity index (χ4n) is 5.93. The van der Waals surface area contributed by atoms with Crippen molar-refractivity contribution in [2.75, 3.05) is 20.1 Å². The fourth-order valence-corrected chi connectivity index (χ4v) is 5.93.